The van der Waals surface area contributed by atoms with Gasteiger partial charge in [0.25, 0.3) is 0 Å². The summed E-state index contributed by atoms with van der Waals surface area (Å²) in [5, 5.41) is 32.5. The van der Waals surface area contributed by atoms with Gasteiger partial charge in [0.15, 0.2) is 11.6 Å². The fraction of sp³-hybridized carbons (Fsp3) is 0.929. The maximum Gasteiger partial charge on any atom is 0.309 e. The van der Waals surface area contributed by atoms with Crippen molar-refractivity contribution in [3.05, 3.63) is 0 Å². The third-order valence-corrected chi connectivity index (χ3v) is 14.7. The van der Waals surface area contributed by atoms with Crippen molar-refractivity contribution in [1.29, 1.82) is 0 Å². The number of hydrogen-bond donors (Lipinski definition) is 3. The Balaban J connectivity index is 1.31. The van der Waals surface area contributed by atoms with Gasteiger partial charge >= 0.3 is 5.97 Å². The lowest BCUT2D eigenvalue weighted by Gasteiger charge is -2.55. The molecule has 0 aromatic carbocycles. The Morgan fingerprint density at radius 3 is 2.15 bits per heavy atom. The van der Waals surface area contributed by atoms with Crippen LogP contribution in [0.5, 0.6) is 0 Å². The maximum absolute atomic E-state index is 14.4. The van der Waals surface area contributed by atoms with Crippen LogP contribution in [0.1, 0.15) is 146 Å². The largest absolute Gasteiger partial charge is 0.481 e. The van der Waals surface area contributed by atoms with E-state index in [4.69, 9.17) is 23.7 Å². The lowest BCUT2D eigenvalue weighted by atomic mass is 9.72. The Labute approximate surface area is 317 Å². The second kappa shape index (κ2) is 16.2. The summed E-state index contributed by atoms with van der Waals surface area (Å²) < 4.78 is 33.5. The van der Waals surface area contributed by atoms with E-state index in [0.29, 0.717) is 57.8 Å². The predicted molar refractivity (Wildman–Crippen MR) is 198 cm³/mol. The Bertz CT molecular complexity index is 1320. The summed E-state index contributed by atoms with van der Waals surface area (Å²) in [4.78, 5) is 40.1. The summed E-state index contributed by atoms with van der Waals surface area (Å²) >= 11 is 0. The first-order valence-electron chi connectivity index (χ1n) is 20.9. The monoisotopic (exact) mass is 750 g/mol. The van der Waals surface area contributed by atoms with E-state index in [2.05, 4.69) is 20.8 Å². The molecule has 5 heterocycles. The van der Waals surface area contributed by atoms with Gasteiger partial charge in [0.1, 0.15) is 5.78 Å². The van der Waals surface area contributed by atoms with Gasteiger partial charge in [-0.3, -0.25) is 14.4 Å². The molecule has 5 fully saturated rings. The number of rotatable bonds is 12. The number of aliphatic hydroxyl groups excluding tert-OH is 1. The summed E-state index contributed by atoms with van der Waals surface area (Å²) in [5.74, 6) is -5.79. The second-order valence-corrected chi connectivity index (χ2v) is 18.1. The zero-order valence-corrected chi connectivity index (χ0v) is 34.1. The number of carboxylic acid groups (broad SMARTS) is 1. The number of ketones is 2. The van der Waals surface area contributed by atoms with E-state index >= 15 is 0 Å². The van der Waals surface area contributed by atoms with Crippen LogP contribution in [0.25, 0.3) is 0 Å². The summed E-state index contributed by atoms with van der Waals surface area (Å²) in [6.07, 6.45) is 3.57. The molecule has 304 valence electrons. The van der Waals surface area contributed by atoms with Gasteiger partial charge in [-0.1, -0.05) is 55.4 Å². The van der Waals surface area contributed by atoms with Crippen LogP contribution < -0.4 is 0 Å². The molecule has 5 saturated heterocycles. The van der Waals surface area contributed by atoms with Crippen molar-refractivity contribution in [3.63, 3.8) is 0 Å². The average molecular weight is 751 g/mol. The highest BCUT2D eigenvalue weighted by molar-refractivity contribution is 5.87. The van der Waals surface area contributed by atoms with Crippen LogP contribution in [0.15, 0.2) is 0 Å². The highest BCUT2D eigenvalue weighted by atomic mass is 16.8. The zero-order valence-electron chi connectivity index (χ0n) is 34.1. The molecule has 0 amide bonds. The summed E-state index contributed by atoms with van der Waals surface area (Å²) in [5.41, 5.74) is -1.66. The number of aliphatic carboxylic acids is 1. The van der Waals surface area contributed by atoms with Crippen molar-refractivity contribution in [2.24, 2.45) is 41.4 Å². The van der Waals surface area contributed by atoms with Gasteiger partial charge in [-0.05, 0) is 83.5 Å². The normalized spacial score (nSPS) is 45.1. The standard InChI is InChI=1S/C42H70O11/c1-11-29(38(46)47)31-15-14-23(4)36(50-31)27(8)34(44)26(7)35(45)30(12-2)37-24(5)22-25(6)41(51-37)19-16-32(43)42(53-41)21-20-39(10,52-42)33-17-18-40(48,13-3)28(9)49-33/h23-31,33-34,36-37,44,48H,11-22H2,1-10H3,(H,46,47)/t23-,24-,25+,26-,27-,28-,29+,30-,31+,33+,34+,36+,37-,39-,40+,41-,42-/m0/s1. The van der Waals surface area contributed by atoms with E-state index in [9.17, 15) is 29.7 Å². The molecule has 53 heavy (non-hydrogen) atoms. The molecule has 0 unspecified atom stereocenters. The molecule has 0 aromatic rings. The molecule has 0 aliphatic carbocycles. The van der Waals surface area contributed by atoms with Crippen molar-refractivity contribution in [2.45, 2.75) is 206 Å². The minimum atomic E-state index is -1.48. The Morgan fingerprint density at radius 2 is 1.55 bits per heavy atom. The smallest absolute Gasteiger partial charge is 0.309 e. The van der Waals surface area contributed by atoms with E-state index in [1.54, 1.807) is 6.92 Å². The number of hydrogen-bond acceptors (Lipinski definition) is 10. The molecule has 0 aromatic heterocycles. The second-order valence-electron chi connectivity index (χ2n) is 18.1. The highest BCUT2D eigenvalue weighted by Crippen LogP contribution is 2.54. The van der Waals surface area contributed by atoms with Crippen molar-refractivity contribution < 1.29 is 53.4 Å². The first kappa shape index (κ1) is 42.7. The first-order valence-corrected chi connectivity index (χ1v) is 20.9. The Morgan fingerprint density at radius 1 is 0.868 bits per heavy atom. The molecule has 0 radical (unpaired) electrons. The molecule has 0 saturated carbocycles. The third-order valence-electron chi connectivity index (χ3n) is 14.7. The molecular weight excluding hydrogens is 680 g/mol. The van der Waals surface area contributed by atoms with Crippen molar-refractivity contribution in [3.8, 4) is 0 Å². The first-order chi connectivity index (χ1) is 24.8. The minimum Gasteiger partial charge on any atom is -0.481 e. The third kappa shape index (κ3) is 7.93. The van der Waals surface area contributed by atoms with Crippen LogP contribution in [0.3, 0.4) is 0 Å². The number of carbonyl (C=O) groups excluding carboxylic acids is 2. The van der Waals surface area contributed by atoms with Gasteiger partial charge in [0, 0.05) is 42.9 Å². The van der Waals surface area contributed by atoms with E-state index < -0.39 is 64.8 Å². The Kier molecular flexibility index (Phi) is 13.0. The average Bonchev–Trinajstić information content (AvgIpc) is 3.47. The molecule has 11 heteroatoms. The van der Waals surface area contributed by atoms with Crippen LogP contribution in [0.2, 0.25) is 0 Å². The number of ether oxygens (including phenoxy) is 5. The summed E-state index contributed by atoms with van der Waals surface area (Å²) in [7, 11) is 0. The SMILES string of the molecule is CC[C@@H](C(=O)[C@@H](C)[C@@H](O)[C@H](C)[C@@H]1O[C@@H]([C@@H](CC)C(=O)O)CC[C@@H]1C)[C@H]1O[C@]2(CCC(=O)[C@]3(CC[C@@](C)([C@H]4CC[C@](O)(CC)[C@H](C)O4)O3)O2)[C@H](C)C[C@@H]1C. The summed E-state index contributed by atoms with van der Waals surface area (Å²) in [6, 6.07) is 0. The van der Waals surface area contributed by atoms with Gasteiger partial charge in [0.2, 0.25) is 5.79 Å². The van der Waals surface area contributed by atoms with Crippen LogP contribution >= 0.6 is 0 Å². The van der Waals surface area contributed by atoms with Gasteiger partial charge in [-0.2, -0.15) is 0 Å². The van der Waals surface area contributed by atoms with E-state index in [-0.39, 0.29) is 60.0 Å². The van der Waals surface area contributed by atoms with Gasteiger partial charge in [-0.25, -0.2) is 0 Å². The van der Waals surface area contributed by atoms with Crippen molar-refractivity contribution in [1.82, 2.24) is 0 Å². The lowest BCUT2D eigenvalue weighted by Crippen LogP contribution is -2.64. The number of carboxylic acids is 1. The van der Waals surface area contributed by atoms with Gasteiger partial charge < -0.3 is 39.0 Å². The molecule has 5 aliphatic heterocycles. The summed E-state index contributed by atoms with van der Waals surface area (Å²) in [6.45, 7) is 19.6. The minimum absolute atomic E-state index is 0.0251. The molecule has 3 N–H and O–H groups in total. The highest BCUT2D eigenvalue weighted by Gasteiger charge is 2.64. The van der Waals surface area contributed by atoms with E-state index in [1.165, 1.54) is 0 Å². The fourth-order valence-corrected chi connectivity index (χ4v) is 10.7. The van der Waals surface area contributed by atoms with E-state index in [0.717, 1.165) is 12.8 Å². The number of aliphatic hydroxyl groups is 2. The molecule has 5 rings (SSSR count). The molecule has 5 aliphatic rings. The Hall–Kier alpha value is -1.47. The molecule has 11 nitrogen and oxygen atoms in total. The fourth-order valence-electron chi connectivity index (χ4n) is 10.7. The number of Topliss-reactive ketones (excluding diaryl/α,β-unsaturated/α-hetero) is 2. The quantitative estimate of drug-likeness (QED) is 0.197. The van der Waals surface area contributed by atoms with Crippen LogP contribution in [-0.4, -0.2) is 92.3 Å². The number of carbonyl (C=O) groups is 3. The lowest BCUT2D eigenvalue weighted by molar-refractivity contribution is -0.405. The molecule has 0 bridgehead atoms. The van der Waals surface area contributed by atoms with Crippen LogP contribution in [-0.2, 0) is 38.1 Å². The van der Waals surface area contributed by atoms with Crippen molar-refractivity contribution >= 4 is 17.5 Å². The molecular formula is C42H70O11. The molecule has 17 atom stereocenters. The van der Waals surface area contributed by atoms with Crippen molar-refractivity contribution in [2.75, 3.05) is 0 Å². The maximum atomic E-state index is 14.4. The van der Waals surface area contributed by atoms with E-state index in [1.807, 2.05) is 41.5 Å². The van der Waals surface area contributed by atoms with Gasteiger partial charge in [0.05, 0.1) is 53.7 Å². The van der Waals surface area contributed by atoms with Crippen LogP contribution in [0.4, 0.5) is 0 Å². The van der Waals surface area contributed by atoms with Gasteiger partial charge in [-0.15, -0.1) is 0 Å². The predicted octanol–water partition coefficient (Wildman–Crippen LogP) is 6.62. The zero-order chi connectivity index (χ0) is 39.3. The topological polar surface area (TPSA) is 158 Å². The molecule has 2 spiro atoms. The van der Waals surface area contributed by atoms with Crippen LogP contribution in [0, 0.1) is 41.4 Å².